The standard InChI is InChI=1S/C12H6Cl2F2O2S2.C6H4ClFOS/c13-5-1-7(15)9(17)3-11(5)19-20-12-4-10(18)8(16)2-6(12)14;7-3-1-4(8)5(9)2-6(3)10/h1-4,17-18H;1-2,9-10H. The van der Waals surface area contributed by atoms with E-state index < -0.39 is 34.7 Å². The summed E-state index contributed by atoms with van der Waals surface area (Å²) in [5.41, 5.74) is 0. The summed E-state index contributed by atoms with van der Waals surface area (Å²) in [7, 11) is 2.18. The molecule has 3 aromatic rings. The van der Waals surface area contributed by atoms with Crippen molar-refractivity contribution in [2.24, 2.45) is 0 Å². The number of aromatic hydroxyl groups is 3. The molecule has 3 rings (SSSR count). The predicted octanol–water partition coefficient (Wildman–Crippen LogP) is 7.96. The predicted molar refractivity (Wildman–Crippen MR) is 118 cm³/mol. The van der Waals surface area contributed by atoms with Gasteiger partial charge in [0.15, 0.2) is 34.7 Å². The van der Waals surface area contributed by atoms with Gasteiger partial charge in [-0.25, -0.2) is 13.2 Å². The van der Waals surface area contributed by atoms with Crippen LogP contribution in [-0.4, -0.2) is 15.3 Å². The van der Waals surface area contributed by atoms with Crippen LogP contribution in [0.4, 0.5) is 13.2 Å². The highest BCUT2D eigenvalue weighted by atomic mass is 35.5. The van der Waals surface area contributed by atoms with E-state index >= 15 is 0 Å². The number of halogens is 6. The van der Waals surface area contributed by atoms with E-state index in [2.05, 4.69) is 12.6 Å². The van der Waals surface area contributed by atoms with Gasteiger partial charge in [0.05, 0.1) is 15.1 Å². The summed E-state index contributed by atoms with van der Waals surface area (Å²) < 4.78 is 38.5. The molecule has 0 bridgehead atoms. The van der Waals surface area contributed by atoms with Crippen LogP contribution in [-0.2, 0) is 0 Å². The molecule has 0 aromatic heterocycles. The highest BCUT2D eigenvalue weighted by Gasteiger charge is 2.12. The van der Waals surface area contributed by atoms with Gasteiger partial charge in [0.2, 0.25) is 0 Å². The second-order valence-corrected chi connectivity index (χ2v) is 9.31. The molecule has 12 heteroatoms. The molecule has 3 N–H and O–H groups in total. The number of hydrogen-bond acceptors (Lipinski definition) is 6. The van der Waals surface area contributed by atoms with Crippen LogP contribution in [0.25, 0.3) is 0 Å². The van der Waals surface area contributed by atoms with Gasteiger partial charge in [0.1, 0.15) is 0 Å². The zero-order chi connectivity index (χ0) is 22.6. The molecule has 0 fully saturated rings. The van der Waals surface area contributed by atoms with Gasteiger partial charge in [0, 0.05) is 14.7 Å². The number of benzene rings is 3. The Morgan fingerprint density at radius 2 is 0.933 bits per heavy atom. The molecular weight excluding hydrogens is 524 g/mol. The van der Waals surface area contributed by atoms with Crippen LogP contribution < -0.4 is 0 Å². The molecule has 0 saturated carbocycles. The van der Waals surface area contributed by atoms with E-state index in [1.54, 1.807) is 0 Å². The Morgan fingerprint density at radius 1 is 0.600 bits per heavy atom. The zero-order valence-corrected chi connectivity index (χ0v) is 19.1. The third kappa shape index (κ3) is 6.63. The Kier molecular flexibility index (Phi) is 9.08. The summed E-state index contributed by atoms with van der Waals surface area (Å²) in [6, 6.07) is 6.49. The first-order chi connectivity index (χ1) is 14.0. The van der Waals surface area contributed by atoms with E-state index in [-0.39, 0.29) is 15.1 Å². The second kappa shape index (κ2) is 10.9. The van der Waals surface area contributed by atoms with Crippen LogP contribution in [0.1, 0.15) is 0 Å². The maximum absolute atomic E-state index is 13.0. The second-order valence-electron chi connectivity index (χ2n) is 5.39. The number of phenolic OH excluding ortho intramolecular Hbond substituents is 3. The molecule has 0 radical (unpaired) electrons. The molecule has 0 saturated heterocycles. The van der Waals surface area contributed by atoms with E-state index in [4.69, 9.17) is 39.9 Å². The van der Waals surface area contributed by atoms with Crippen molar-refractivity contribution in [1.29, 1.82) is 0 Å². The molecule has 0 aliphatic heterocycles. The summed E-state index contributed by atoms with van der Waals surface area (Å²) in [6.07, 6.45) is 0. The SMILES string of the molecule is Oc1cc(S)c(Cl)cc1F.Oc1cc(SSc2cc(O)c(F)cc2Cl)c(Cl)cc1F. The van der Waals surface area contributed by atoms with Crippen molar-refractivity contribution >= 4 is 69.0 Å². The fourth-order valence-corrected chi connectivity index (χ4v) is 5.07. The first-order valence-corrected chi connectivity index (χ1v) is 11.3. The molecule has 0 amide bonds. The van der Waals surface area contributed by atoms with Gasteiger partial charge >= 0.3 is 0 Å². The Labute approximate surface area is 197 Å². The first kappa shape index (κ1) is 25.0. The quantitative estimate of drug-likeness (QED) is 0.203. The fourth-order valence-electron chi connectivity index (χ4n) is 1.78. The molecule has 3 nitrogen and oxygen atoms in total. The van der Waals surface area contributed by atoms with Gasteiger partial charge in [-0.1, -0.05) is 56.4 Å². The van der Waals surface area contributed by atoms with E-state index in [9.17, 15) is 23.4 Å². The molecule has 0 unspecified atom stereocenters. The third-order valence-corrected chi connectivity index (χ3v) is 7.35. The van der Waals surface area contributed by atoms with Crippen molar-refractivity contribution in [2.45, 2.75) is 14.7 Å². The largest absolute Gasteiger partial charge is 0.505 e. The molecule has 0 aliphatic carbocycles. The molecule has 3 aromatic carbocycles. The lowest BCUT2D eigenvalue weighted by atomic mass is 10.3. The lowest BCUT2D eigenvalue weighted by molar-refractivity contribution is 0.430. The monoisotopic (exact) mass is 532 g/mol. The average Bonchev–Trinajstić information content (AvgIpc) is 2.66. The minimum atomic E-state index is -0.818. The van der Waals surface area contributed by atoms with Gasteiger partial charge in [-0.3, -0.25) is 0 Å². The van der Waals surface area contributed by atoms with Crippen molar-refractivity contribution in [3.8, 4) is 17.2 Å². The molecule has 0 spiro atoms. The Bertz CT molecular complexity index is 980. The lowest BCUT2D eigenvalue weighted by Crippen LogP contribution is -1.81. The summed E-state index contributed by atoms with van der Waals surface area (Å²) >= 11 is 21.0. The van der Waals surface area contributed by atoms with Gasteiger partial charge in [0.25, 0.3) is 0 Å². The van der Waals surface area contributed by atoms with Crippen molar-refractivity contribution in [3.05, 3.63) is 68.9 Å². The van der Waals surface area contributed by atoms with Crippen molar-refractivity contribution in [1.82, 2.24) is 0 Å². The normalized spacial score (nSPS) is 10.5. The smallest absolute Gasteiger partial charge is 0.166 e. The molecule has 0 atom stereocenters. The van der Waals surface area contributed by atoms with Gasteiger partial charge in [-0.15, -0.1) is 12.6 Å². The minimum absolute atomic E-state index is 0.125. The number of thiol groups is 1. The highest BCUT2D eigenvalue weighted by Crippen LogP contribution is 2.45. The van der Waals surface area contributed by atoms with Gasteiger partial charge in [-0.05, 0) is 36.4 Å². The van der Waals surface area contributed by atoms with Gasteiger partial charge in [-0.2, -0.15) is 0 Å². The summed E-state index contributed by atoms with van der Waals surface area (Å²) in [4.78, 5) is 1.19. The van der Waals surface area contributed by atoms with Crippen LogP contribution in [0.15, 0.2) is 51.1 Å². The molecule has 160 valence electrons. The molecule has 30 heavy (non-hydrogen) atoms. The number of rotatable bonds is 3. The molecule has 0 heterocycles. The topological polar surface area (TPSA) is 60.7 Å². The average molecular weight is 534 g/mol. The maximum Gasteiger partial charge on any atom is 0.166 e. The summed E-state index contributed by atoms with van der Waals surface area (Å²) in [5, 5.41) is 27.8. The van der Waals surface area contributed by atoms with Crippen LogP contribution in [0, 0.1) is 17.5 Å². The maximum atomic E-state index is 13.0. The van der Waals surface area contributed by atoms with Crippen molar-refractivity contribution < 1.29 is 28.5 Å². The summed E-state index contributed by atoms with van der Waals surface area (Å²) in [6.45, 7) is 0. The number of phenols is 3. The highest BCUT2D eigenvalue weighted by molar-refractivity contribution is 8.76. The van der Waals surface area contributed by atoms with Crippen LogP contribution in [0.3, 0.4) is 0 Å². The van der Waals surface area contributed by atoms with E-state index in [1.807, 2.05) is 0 Å². The van der Waals surface area contributed by atoms with Crippen molar-refractivity contribution in [2.75, 3.05) is 0 Å². The Hall–Kier alpha value is -1.23. The molecular formula is C18H10Cl3F3O3S3. The van der Waals surface area contributed by atoms with Gasteiger partial charge < -0.3 is 15.3 Å². The zero-order valence-electron chi connectivity index (χ0n) is 14.3. The fraction of sp³-hybridized carbons (Fsp3) is 0. The summed E-state index contributed by atoms with van der Waals surface area (Å²) in [5.74, 6) is -3.85. The third-order valence-electron chi connectivity index (χ3n) is 3.24. The van der Waals surface area contributed by atoms with Crippen molar-refractivity contribution in [3.63, 3.8) is 0 Å². The number of hydrogen-bond donors (Lipinski definition) is 4. The Balaban J connectivity index is 0.000000269. The lowest BCUT2D eigenvalue weighted by Gasteiger charge is -2.07. The first-order valence-electron chi connectivity index (χ1n) is 7.57. The minimum Gasteiger partial charge on any atom is -0.505 e. The van der Waals surface area contributed by atoms with Crippen LogP contribution >= 0.6 is 69.0 Å². The van der Waals surface area contributed by atoms with E-state index in [1.165, 1.54) is 12.1 Å². The Morgan fingerprint density at radius 3 is 1.30 bits per heavy atom. The van der Waals surface area contributed by atoms with E-state index in [0.717, 1.165) is 45.9 Å². The van der Waals surface area contributed by atoms with Crippen LogP contribution in [0.5, 0.6) is 17.2 Å². The van der Waals surface area contributed by atoms with Crippen LogP contribution in [0.2, 0.25) is 15.1 Å². The molecule has 0 aliphatic rings. The van der Waals surface area contributed by atoms with E-state index in [0.29, 0.717) is 14.7 Å².